The Morgan fingerprint density at radius 2 is 1.88 bits per heavy atom. The molecule has 6 nitrogen and oxygen atoms in total. The van der Waals surface area contributed by atoms with Gasteiger partial charge in [0.05, 0.1) is 12.2 Å². The van der Waals surface area contributed by atoms with Crippen LogP contribution in [0.2, 0.25) is 0 Å². The normalized spacial score (nSPS) is 19.9. The molecule has 1 aromatic rings. The molecule has 0 spiro atoms. The van der Waals surface area contributed by atoms with Gasteiger partial charge in [-0.25, -0.2) is 4.79 Å². The van der Waals surface area contributed by atoms with Crippen LogP contribution in [0.25, 0.3) is 0 Å². The molecule has 0 bridgehead atoms. The van der Waals surface area contributed by atoms with Crippen molar-refractivity contribution >= 4 is 5.82 Å². The molecule has 0 atom stereocenters. The van der Waals surface area contributed by atoms with E-state index in [9.17, 15) is 9.59 Å². The number of fused-ring (bicyclic) bond motifs is 1. The number of rotatable bonds is 1. The zero-order chi connectivity index (χ0) is 12.2. The summed E-state index contributed by atoms with van der Waals surface area (Å²) in [6.07, 6.45) is 2.42. The second kappa shape index (κ2) is 3.46. The van der Waals surface area contributed by atoms with Crippen LogP contribution in [0.5, 0.6) is 0 Å². The van der Waals surface area contributed by atoms with Crippen molar-refractivity contribution in [3.8, 4) is 0 Å². The van der Waals surface area contributed by atoms with E-state index in [1.807, 2.05) is 0 Å². The maximum atomic E-state index is 12.1. The number of nitrogens with one attached hydrogen (secondary N) is 1. The Bertz CT molecular complexity index is 582. The minimum Gasteiger partial charge on any atom is -0.358 e. The second-order valence-corrected chi connectivity index (χ2v) is 4.85. The molecule has 1 aliphatic heterocycles. The minimum atomic E-state index is -0.277. The molecule has 0 saturated heterocycles. The van der Waals surface area contributed by atoms with Crippen LogP contribution in [0.1, 0.15) is 18.4 Å². The summed E-state index contributed by atoms with van der Waals surface area (Å²) in [6.45, 7) is 1.37. The maximum Gasteiger partial charge on any atom is 0.332 e. The third-order valence-corrected chi connectivity index (χ3v) is 3.63. The van der Waals surface area contributed by atoms with Crippen molar-refractivity contribution < 1.29 is 0 Å². The van der Waals surface area contributed by atoms with Crippen molar-refractivity contribution in [1.29, 1.82) is 0 Å². The Morgan fingerprint density at radius 3 is 2.53 bits per heavy atom. The van der Waals surface area contributed by atoms with Gasteiger partial charge in [-0.1, -0.05) is 0 Å². The lowest BCUT2D eigenvalue weighted by Gasteiger charge is -2.30. The van der Waals surface area contributed by atoms with E-state index in [4.69, 9.17) is 0 Å². The molecule has 3 rings (SSSR count). The first-order chi connectivity index (χ1) is 8.09. The van der Waals surface area contributed by atoms with Gasteiger partial charge in [-0.2, -0.15) is 0 Å². The summed E-state index contributed by atoms with van der Waals surface area (Å²) in [5, 5.41) is 3.19. The average Bonchev–Trinajstić information content (AvgIpc) is 3.17. The van der Waals surface area contributed by atoms with Crippen molar-refractivity contribution in [3.63, 3.8) is 0 Å². The molecule has 0 amide bonds. The van der Waals surface area contributed by atoms with Gasteiger partial charge in [0, 0.05) is 26.7 Å². The van der Waals surface area contributed by atoms with Crippen LogP contribution in [0.15, 0.2) is 9.59 Å². The molecule has 2 heterocycles. The largest absolute Gasteiger partial charge is 0.358 e. The zero-order valence-corrected chi connectivity index (χ0v) is 10.1. The van der Waals surface area contributed by atoms with Gasteiger partial charge in [-0.3, -0.25) is 18.8 Å². The van der Waals surface area contributed by atoms with Crippen LogP contribution in [0.3, 0.4) is 0 Å². The van der Waals surface area contributed by atoms with Gasteiger partial charge in [-0.15, -0.1) is 0 Å². The molecule has 1 aromatic heterocycles. The fourth-order valence-electron chi connectivity index (χ4n) is 2.41. The van der Waals surface area contributed by atoms with Crippen LogP contribution < -0.4 is 16.6 Å². The van der Waals surface area contributed by atoms with Crippen molar-refractivity contribution in [1.82, 2.24) is 14.0 Å². The Hall–Kier alpha value is -1.56. The van der Waals surface area contributed by atoms with Crippen molar-refractivity contribution in [2.45, 2.75) is 25.4 Å². The van der Waals surface area contributed by atoms with Crippen molar-refractivity contribution in [3.05, 3.63) is 26.4 Å². The molecule has 0 unspecified atom stereocenters. The molecule has 0 aromatic carbocycles. The van der Waals surface area contributed by atoms with E-state index in [1.54, 1.807) is 7.05 Å². The Balaban J connectivity index is 2.12. The number of anilines is 1. The van der Waals surface area contributed by atoms with E-state index in [0.717, 1.165) is 6.67 Å². The fourth-order valence-corrected chi connectivity index (χ4v) is 2.41. The molecule has 0 radical (unpaired) electrons. The Labute approximate surface area is 98.5 Å². The van der Waals surface area contributed by atoms with Gasteiger partial charge in [0.25, 0.3) is 5.56 Å². The first-order valence-corrected chi connectivity index (χ1v) is 5.86. The highest BCUT2D eigenvalue weighted by Crippen LogP contribution is 2.30. The summed E-state index contributed by atoms with van der Waals surface area (Å²) in [5.41, 5.74) is 0.245. The lowest BCUT2D eigenvalue weighted by molar-refractivity contribution is 0.260. The summed E-state index contributed by atoms with van der Waals surface area (Å²) in [6, 6.07) is 0.609. The minimum absolute atomic E-state index is 0.180. The summed E-state index contributed by atoms with van der Waals surface area (Å²) in [7, 11) is 3.22. The maximum absolute atomic E-state index is 12.1. The van der Waals surface area contributed by atoms with Gasteiger partial charge in [-0.05, 0) is 12.8 Å². The molecule has 17 heavy (non-hydrogen) atoms. The van der Waals surface area contributed by atoms with E-state index in [1.165, 1.54) is 29.0 Å². The van der Waals surface area contributed by atoms with Crippen LogP contribution in [-0.4, -0.2) is 26.7 Å². The highest BCUT2D eigenvalue weighted by molar-refractivity contribution is 5.45. The highest BCUT2D eigenvalue weighted by Gasteiger charge is 2.33. The number of hydrogen-bond acceptors (Lipinski definition) is 4. The smallest absolute Gasteiger partial charge is 0.332 e. The third kappa shape index (κ3) is 1.51. The van der Waals surface area contributed by atoms with E-state index < -0.39 is 0 Å². The van der Waals surface area contributed by atoms with Gasteiger partial charge >= 0.3 is 5.69 Å². The summed E-state index contributed by atoms with van der Waals surface area (Å²) < 4.78 is 2.69. The van der Waals surface area contributed by atoms with E-state index in [-0.39, 0.29) is 11.2 Å². The lowest BCUT2D eigenvalue weighted by Crippen LogP contribution is -2.46. The zero-order valence-electron chi connectivity index (χ0n) is 10.1. The lowest BCUT2D eigenvalue weighted by atomic mass is 10.2. The Morgan fingerprint density at radius 1 is 1.18 bits per heavy atom. The molecule has 1 fully saturated rings. The highest BCUT2D eigenvalue weighted by atomic mass is 16.2. The van der Waals surface area contributed by atoms with E-state index in [0.29, 0.717) is 24.0 Å². The third-order valence-electron chi connectivity index (χ3n) is 3.63. The van der Waals surface area contributed by atoms with Crippen LogP contribution in [0, 0.1) is 0 Å². The molecule has 92 valence electrons. The molecule has 6 heteroatoms. The topological polar surface area (TPSA) is 59.3 Å². The van der Waals surface area contributed by atoms with Gasteiger partial charge in [0.1, 0.15) is 5.82 Å². The van der Waals surface area contributed by atoms with Gasteiger partial charge < -0.3 is 5.32 Å². The number of aromatic nitrogens is 2. The van der Waals surface area contributed by atoms with Crippen LogP contribution in [0.4, 0.5) is 5.82 Å². The molecule has 1 aliphatic carbocycles. The van der Waals surface area contributed by atoms with E-state index >= 15 is 0 Å². The van der Waals surface area contributed by atoms with Crippen LogP contribution >= 0.6 is 0 Å². The van der Waals surface area contributed by atoms with Gasteiger partial charge in [0.2, 0.25) is 0 Å². The summed E-state index contributed by atoms with van der Waals surface area (Å²) in [4.78, 5) is 26.1. The number of hydrogen-bond donors (Lipinski definition) is 1. The van der Waals surface area contributed by atoms with Crippen LogP contribution in [-0.2, 0) is 20.6 Å². The second-order valence-electron chi connectivity index (χ2n) is 4.85. The predicted octanol–water partition coefficient (Wildman–Crippen LogP) is -0.569. The summed E-state index contributed by atoms with van der Waals surface area (Å²) >= 11 is 0. The van der Waals surface area contributed by atoms with Crippen molar-refractivity contribution in [2.24, 2.45) is 14.1 Å². The first kappa shape index (κ1) is 10.6. The quantitative estimate of drug-likeness (QED) is 0.709. The molecule has 1 N–H and O–H groups in total. The first-order valence-electron chi connectivity index (χ1n) is 5.86. The average molecular weight is 236 g/mol. The fraction of sp³-hybridized carbons (Fsp3) is 0.636. The predicted molar refractivity (Wildman–Crippen MR) is 64.0 cm³/mol. The van der Waals surface area contributed by atoms with Gasteiger partial charge in [0.15, 0.2) is 0 Å². The van der Waals surface area contributed by atoms with E-state index in [2.05, 4.69) is 10.2 Å². The molecule has 2 aliphatic rings. The monoisotopic (exact) mass is 236 g/mol. The van der Waals surface area contributed by atoms with Crippen molar-refractivity contribution in [2.75, 3.05) is 12.0 Å². The number of nitrogens with zero attached hydrogens (tertiary/aromatic N) is 3. The molecular weight excluding hydrogens is 220 g/mol. The molecular formula is C11H16N4O2. The SMILES string of the molecule is Cn1c2c(c(=O)n(C)c1=O)CN(C1CC1)CN2. The Kier molecular flexibility index (Phi) is 2.16. The standard InChI is InChI=1S/C11H16N4O2/c1-13-9-8(10(16)14(2)11(13)17)5-15(6-12-9)7-3-4-7/h7,12H,3-6H2,1-2H3. The molecule has 1 saturated carbocycles. The summed E-state index contributed by atoms with van der Waals surface area (Å²) in [5.74, 6) is 0.676.